The molecule has 0 fully saturated rings. The van der Waals surface area contributed by atoms with Gasteiger partial charge in [0.05, 0.1) is 12.1 Å². The van der Waals surface area contributed by atoms with E-state index in [2.05, 4.69) is 31.2 Å². The summed E-state index contributed by atoms with van der Waals surface area (Å²) in [5, 5.41) is 3.41. The molecule has 182 valence electrons. The molecule has 0 saturated carbocycles. The molecule has 36 heavy (non-hydrogen) atoms. The average molecular weight is 565 g/mol. The molecule has 4 rings (SSSR count). The van der Waals surface area contributed by atoms with Crippen LogP contribution in [0.15, 0.2) is 71.5 Å². The highest BCUT2D eigenvalue weighted by Gasteiger charge is 2.17. The summed E-state index contributed by atoms with van der Waals surface area (Å²) in [6, 6.07) is 16.2. The summed E-state index contributed by atoms with van der Waals surface area (Å²) in [6.45, 7) is 3.82. The van der Waals surface area contributed by atoms with E-state index < -0.39 is 0 Å². The van der Waals surface area contributed by atoms with E-state index in [4.69, 9.17) is 16.3 Å². The van der Waals surface area contributed by atoms with Gasteiger partial charge in [0.1, 0.15) is 17.1 Å². The quantitative estimate of drug-likeness (QED) is 0.248. The molecule has 6 nitrogen and oxygen atoms in total. The fraction of sp³-hybridized carbons (Fsp3) is 0.143. The zero-order valence-electron chi connectivity index (χ0n) is 19.9. The van der Waals surface area contributed by atoms with Crippen LogP contribution in [-0.2, 0) is 6.42 Å². The number of halogens is 2. The van der Waals surface area contributed by atoms with E-state index in [9.17, 15) is 9.59 Å². The van der Waals surface area contributed by atoms with Gasteiger partial charge in [0.25, 0.3) is 5.91 Å². The van der Waals surface area contributed by atoms with Gasteiger partial charge in [-0.15, -0.1) is 0 Å². The van der Waals surface area contributed by atoms with Crippen molar-refractivity contribution in [1.29, 1.82) is 0 Å². The van der Waals surface area contributed by atoms with E-state index in [1.165, 1.54) is 13.3 Å². The summed E-state index contributed by atoms with van der Waals surface area (Å²) in [6.07, 6.45) is 3.28. The van der Waals surface area contributed by atoms with E-state index >= 15 is 0 Å². The Hall–Kier alpha value is -3.55. The molecule has 0 aliphatic rings. The largest absolute Gasteiger partial charge is 0.497 e. The maximum atomic E-state index is 12.9. The van der Waals surface area contributed by atoms with Crippen molar-refractivity contribution < 1.29 is 14.3 Å². The number of Topliss-reactive ketones (excluding diaryl/α,β-unsaturated/α-hetero) is 1. The lowest BCUT2D eigenvalue weighted by Gasteiger charge is -2.15. The van der Waals surface area contributed by atoms with Crippen LogP contribution in [0.2, 0.25) is 5.02 Å². The first-order valence-corrected chi connectivity index (χ1v) is 12.3. The van der Waals surface area contributed by atoms with Crippen molar-refractivity contribution in [1.82, 2.24) is 9.97 Å². The van der Waals surface area contributed by atoms with E-state index in [1.54, 1.807) is 24.4 Å². The van der Waals surface area contributed by atoms with Gasteiger partial charge in [0.2, 0.25) is 0 Å². The number of amides is 1. The van der Waals surface area contributed by atoms with Crippen LogP contribution in [-0.4, -0.2) is 28.8 Å². The number of nitrogens with one attached hydrogen (secondary N) is 1. The Morgan fingerprint density at radius 1 is 1.00 bits per heavy atom. The Morgan fingerprint density at radius 3 is 2.50 bits per heavy atom. The third kappa shape index (κ3) is 5.48. The topological polar surface area (TPSA) is 81.2 Å². The van der Waals surface area contributed by atoms with Gasteiger partial charge in [-0.3, -0.25) is 19.6 Å². The smallest absolute Gasteiger partial charge is 0.274 e. The Labute approximate surface area is 222 Å². The van der Waals surface area contributed by atoms with E-state index in [1.807, 2.05) is 50.2 Å². The minimum absolute atomic E-state index is 0.117. The molecule has 0 aliphatic carbocycles. The summed E-state index contributed by atoms with van der Waals surface area (Å²) >= 11 is 10.2. The Kier molecular flexibility index (Phi) is 7.82. The zero-order chi connectivity index (χ0) is 25.8. The number of pyridine rings is 2. The van der Waals surface area contributed by atoms with Crippen molar-refractivity contribution in [2.45, 2.75) is 20.3 Å². The number of hydrogen-bond acceptors (Lipinski definition) is 5. The number of benzene rings is 2. The van der Waals surface area contributed by atoms with E-state index in [0.717, 1.165) is 26.7 Å². The van der Waals surface area contributed by atoms with Crippen molar-refractivity contribution in [3.63, 3.8) is 0 Å². The second-order valence-electron chi connectivity index (χ2n) is 8.21. The van der Waals surface area contributed by atoms with E-state index in [-0.39, 0.29) is 23.8 Å². The normalized spacial score (nSPS) is 10.7. The van der Waals surface area contributed by atoms with Crippen LogP contribution < -0.4 is 10.1 Å². The molecule has 2 aromatic carbocycles. The SMILES string of the molecule is COc1ccnc(C(=O)Nc2cccc(-c3cccc(CC(=O)c4cc(C)c(Br)cn4)c3Cl)c2C)c1. The summed E-state index contributed by atoms with van der Waals surface area (Å²) < 4.78 is 6.03. The number of carbonyl (C=O) groups excluding carboxylic acids is 2. The van der Waals surface area contributed by atoms with Gasteiger partial charge in [-0.25, -0.2) is 0 Å². The predicted octanol–water partition coefficient (Wildman–Crippen LogP) is 6.86. The van der Waals surface area contributed by atoms with Crippen molar-refractivity contribution in [2.24, 2.45) is 0 Å². The minimum atomic E-state index is -0.350. The number of ketones is 1. The van der Waals surface area contributed by atoms with Gasteiger partial charge in [-0.1, -0.05) is 41.9 Å². The monoisotopic (exact) mass is 563 g/mol. The van der Waals surface area contributed by atoms with Crippen LogP contribution in [0.4, 0.5) is 5.69 Å². The van der Waals surface area contributed by atoms with Gasteiger partial charge in [-0.2, -0.15) is 0 Å². The molecule has 0 aliphatic heterocycles. The van der Waals surface area contributed by atoms with Gasteiger partial charge in [0, 0.05) is 40.6 Å². The highest BCUT2D eigenvalue weighted by atomic mass is 79.9. The molecule has 1 amide bonds. The third-order valence-corrected chi connectivity index (χ3v) is 7.11. The number of carbonyl (C=O) groups is 2. The molecule has 0 bridgehead atoms. The Balaban J connectivity index is 1.61. The fourth-order valence-electron chi connectivity index (χ4n) is 3.79. The molecular formula is C28H23BrClN3O3. The first-order chi connectivity index (χ1) is 17.3. The zero-order valence-corrected chi connectivity index (χ0v) is 22.3. The summed E-state index contributed by atoms with van der Waals surface area (Å²) in [7, 11) is 1.53. The third-order valence-electron chi connectivity index (χ3n) is 5.83. The van der Waals surface area contributed by atoms with Crippen LogP contribution in [0.25, 0.3) is 11.1 Å². The molecular weight excluding hydrogens is 542 g/mol. The molecule has 8 heteroatoms. The number of aryl methyl sites for hydroxylation is 1. The molecule has 0 unspecified atom stereocenters. The van der Waals surface area contributed by atoms with Gasteiger partial charge in [-0.05, 0) is 70.2 Å². The highest BCUT2D eigenvalue weighted by molar-refractivity contribution is 9.10. The lowest BCUT2D eigenvalue weighted by molar-refractivity contribution is 0.0986. The molecule has 0 atom stereocenters. The number of rotatable bonds is 7. The number of nitrogens with zero attached hydrogens (tertiary/aromatic N) is 2. The van der Waals surface area contributed by atoms with Crippen LogP contribution >= 0.6 is 27.5 Å². The Morgan fingerprint density at radius 2 is 1.75 bits per heavy atom. The number of anilines is 1. The molecule has 2 heterocycles. The second-order valence-corrected chi connectivity index (χ2v) is 9.44. The van der Waals surface area contributed by atoms with Crippen LogP contribution in [0, 0.1) is 13.8 Å². The number of methoxy groups -OCH3 is 1. The van der Waals surface area contributed by atoms with Crippen molar-refractivity contribution in [3.05, 3.63) is 105 Å². The molecule has 1 N–H and O–H groups in total. The van der Waals surface area contributed by atoms with Gasteiger partial charge >= 0.3 is 0 Å². The maximum absolute atomic E-state index is 12.9. The second kappa shape index (κ2) is 11.0. The lowest BCUT2D eigenvalue weighted by Crippen LogP contribution is -2.14. The summed E-state index contributed by atoms with van der Waals surface area (Å²) in [5.41, 5.74) is 5.37. The van der Waals surface area contributed by atoms with Crippen LogP contribution in [0.1, 0.15) is 37.7 Å². The predicted molar refractivity (Wildman–Crippen MR) is 145 cm³/mol. The first kappa shape index (κ1) is 25.5. The van der Waals surface area contributed by atoms with Crippen molar-refractivity contribution in [3.8, 4) is 16.9 Å². The fourth-order valence-corrected chi connectivity index (χ4v) is 4.30. The number of aromatic nitrogens is 2. The summed E-state index contributed by atoms with van der Waals surface area (Å²) in [5.74, 6) is 0.0809. The van der Waals surface area contributed by atoms with Gasteiger partial charge in [0.15, 0.2) is 5.78 Å². The minimum Gasteiger partial charge on any atom is -0.497 e. The summed E-state index contributed by atoms with van der Waals surface area (Å²) in [4.78, 5) is 34.1. The van der Waals surface area contributed by atoms with E-state index in [0.29, 0.717) is 27.7 Å². The van der Waals surface area contributed by atoms with Crippen LogP contribution in [0.5, 0.6) is 5.75 Å². The molecule has 0 spiro atoms. The highest BCUT2D eigenvalue weighted by Crippen LogP contribution is 2.36. The molecule has 0 radical (unpaired) electrons. The molecule has 0 saturated heterocycles. The van der Waals surface area contributed by atoms with Gasteiger partial charge < -0.3 is 10.1 Å². The number of hydrogen-bond donors (Lipinski definition) is 1. The first-order valence-electron chi connectivity index (χ1n) is 11.1. The molecule has 2 aromatic heterocycles. The van der Waals surface area contributed by atoms with Crippen molar-refractivity contribution in [2.75, 3.05) is 12.4 Å². The molecule has 4 aromatic rings. The standard InChI is InChI=1S/C28H23BrClN3O3/c1-16-12-24(32-15-22(16)29)26(34)13-18-6-4-8-21(27(18)30)20-7-5-9-23(17(20)2)33-28(35)25-14-19(36-3)10-11-31-25/h4-12,14-15H,13H2,1-3H3,(H,33,35). The Bertz CT molecular complexity index is 1470. The number of ether oxygens (including phenoxy) is 1. The lowest BCUT2D eigenvalue weighted by atomic mass is 9.95. The maximum Gasteiger partial charge on any atom is 0.274 e. The van der Waals surface area contributed by atoms with Crippen molar-refractivity contribution >= 4 is 44.9 Å². The average Bonchev–Trinajstić information content (AvgIpc) is 2.88. The van der Waals surface area contributed by atoms with Crippen LogP contribution in [0.3, 0.4) is 0 Å².